The van der Waals surface area contributed by atoms with E-state index in [0.717, 1.165) is 19.1 Å². The van der Waals surface area contributed by atoms with Crippen molar-refractivity contribution >= 4 is 17.1 Å². The lowest BCUT2D eigenvalue weighted by Gasteiger charge is -2.29. The van der Waals surface area contributed by atoms with Crippen LogP contribution in [0.5, 0.6) is 5.75 Å². The fourth-order valence-corrected chi connectivity index (χ4v) is 3.12. The molecule has 1 aliphatic rings. The molecule has 0 saturated carbocycles. The first-order chi connectivity index (χ1) is 12.3. The van der Waals surface area contributed by atoms with Gasteiger partial charge in [0.2, 0.25) is 0 Å². The molecule has 0 N–H and O–H groups in total. The Bertz CT molecular complexity index is 758. The summed E-state index contributed by atoms with van der Waals surface area (Å²) in [6.45, 7) is 1.59. The van der Waals surface area contributed by atoms with Crippen LogP contribution in [-0.4, -0.2) is 20.4 Å². The number of hydrogen-bond donors (Lipinski definition) is 0. The van der Waals surface area contributed by atoms with Gasteiger partial charge in [-0.05, 0) is 48.5 Å². The van der Waals surface area contributed by atoms with Crippen LogP contribution < -0.4 is 19.7 Å². The first-order valence-electron chi connectivity index (χ1n) is 8.39. The molecule has 0 radical (unpaired) electrons. The average Bonchev–Trinajstić information content (AvgIpc) is 3.15. The summed E-state index contributed by atoms with van der Waals surface area (Å²) in [5.41, 5.74) is 3.55. The summed E-state index contributed by atoms with van der Waals surface area (Å²) in [5, 5.41) is 4.61. The van der Waals surface area contributed by atoms with Gasteiger partial charge in [0, 0.05) is 5.69 Å². The van der Waals surface area contributed by atoms with Gasteiger partial charge in [0.15, 0.2) is 0 Å². The second-order valence-corrected chi connectivity index (χ2v) is 5.99. The molecule has 25 heavy (non-hydrogen) atoms. The van der Waals surface area contributed by atoms with Gasteiger partial charge in [0.05, 0.1) is 18.5 Å². The average molecular weight is 331 g/mol. The number of ether oxygens (including phenoxy) is 1. The zero-order chi connectivity index (χ0) is 17.1. The fourth-order valence-electron chi connectivity index (χ4n) is 3.12. The van der Waals surface area contributed by atoms with Crippen molar-refractivity contribution < 1.29 is 4.74 Å². The van der Waals surface area contributed by atoms with E-state index in [9.17, 15) is 0 Å². The zero-order valence-corrected chi connectivity index (χ0v) is 14.2. The molecule has 1 saturated heterocycles. The van der Waals surface area contributed by atoms with E-state index >= 15 is 0 Å². The van der Waals surface area contributed by atoms with Gasteiger partial charge in [0.25, 0.3) is 0 Å². The molecule has 0 atom stereocenters. The minimum atomic E-state index is 0.797. The SMILES string of the molecule is COc1ccc(N2CN(c3ccccc3)N(c3ccccc3)C2)cc1. The van der Waals surface area contributed by atoms with Crippen molar-refractivity contribution in [1.29, 1.82) is 0 Å². The summed E-state index contributed by atoms with van der Waals surface area (Å²) in [5.74, 6) is 0.878. The molecule has 1 aliphatic heterocycles. The number of rotatable bonds is 4. The molecule has 4 rings (SSSR count). The van der Waals surface area contributed by atoms with Crippen LogP contribution >= 0.6 is 0 Å². The van der Waals surface area contributed by atoms with Gasteiger partial charge < -0.3 is 9.64 Å². The van der Waals surface area contributed by atoms with Crippen LogP contribution in [0.25, 0.3) is 0 Å². The van der Waals surface area contributed by atoms with Crippen LogP contribution in [0.15, 0.2) is 84.9 Å². The maximum atomic E-state index is 5.27. The zero-order valence-electron chi connectivity index (χ0n) is 14.2. The van der Waals surface area contributed by atoms with Crippen molar-refractivity contribution in [2.45, 2.75) is 0 Å². The lowest BCUT2D eigenvalue weighted by Crippen LogP contribution is -2.36. The molecule has 0 amide bonds. The summed E-state index contributed by atoms with van der Waals surface area (Å²) >= 11 is 0. The predicted octanol–water partition coefficient (Wildman–Crippen LogP) is 4.36. The van der Waals surface area contributed by atoms with E-state index in [1.54, 1.807) is 7.11 Å². The highest BCUT2D eigenvalue weighted by Crippen LogP contribution is 2.30. The molecule has 1 fully saturated rings. The number of benzene rings is 3. The molecular weight excluding hydrogens is 310 g/mol. The van der Waals surface area contributed by atoms with E-state index in [1.807, 2.05) is 24.3 Å². The molecule has 0 aliphatic carbocycles. The van der Waals surface area contributed by atoms with Gasteiger partial charge in [-0.1, -0.05) is 36.4 Å². The highest BCUT2D eigenvalue weighted by atomic mass is 16.5. The highest BCUT2D eigenvalue weighted by Gasteiger charge is 2.28. The van der Waals surface area contributed by atoms with E-state index < -0.39 is 0 Å². The fraction of sp³-hybridized carbons (Fsp3) is 0.143. The Morgan fingerprint density at radius 1 is 0.600 bits per heavy atom. The second kappa shape index (κ2) is 6.77. The van der Waals surface area contributed by atoms with Crippen molar-refractivity contribution in [2.24, 2.45) is 0 Å². The molecule has 1 heterocycles. The van der Waals surface area contributed by atoms with Crippen molar-refractivity contribution in [3.8, 4) is 5.75 Å². The lowest BCUT2D eigenvalue weighted by molar-refractivity contribution is 0.415. The van der Waals surface area contributed by atoms with Crippen LogP contribution in [0, 0.1) is 0 Å². The first-order valence-corrected chi connectivity index (χ1v) is 8.39. The summed E-state index contributed by atoms with van der Waals surface area (Å²) < 4.78 is 5.27. The molecule has 0 bridgehead atoms. The second-order valence-electron chi connectivity index (χ2n) is 5.99. The van der Waals surface area contributed by atoms with Gasteiger partial charge >= 0.3 is 0 Å². The molecule has 4 heteroatoms. The number of methoxy groups -OCH3 is 1. The molecule has 3 aromatic carbocycles. The third kappa shape index (κ3) is 3.11. The molecule has 4 nitrogen and oxygen atoms in total. The summed E-state index contributed by atoms with van der Waals surface area (Å²) in [4.78, 5) is 2.35. The minimum Gasteiger partial charge on any atom is -0.497 e. The highest BCUT2D eigenvalue weighted by molar-refractivity contribution is 5.64. The Labute approximate surface area is 148 Å². The van der Waals surface area contributed by atoms with Crippen molar-refractivity contribution in [3.05, 3.63) is 84.9 Å². The Kier molecular flexibility index (Phi) is 4.17. The van der Waals surface area contributed by atoms with Crippen LogP contribution in [0.1, 0.15) is 0 Å². The first kappa shape index (κ1) is 15.4. The normalized spacial score (nSPS) is 14.0. The molecule has 126 valence electrons. The Hall–Kier alpha value is -3.14. The van der Waals surface area contributed by atoms with Crippen LogP contribution in [-0.2, 0) is 0 Å². The number of anilines is 3. The van der Waals surface area contributed by atoms with Gasteiger partial charge in [0.1, 0.15) is 19.1 Å². The standard InChI is InChI=1S/C21H21N3O/c1-25-21-14-12-18(13-15-21)22-16-23(19-8-4-2-5-9-19)24(17-22)20-10-6-3-7-11-20/h2-15H,16-17H2,1H3. The lowest BCUT2D eigenvalue weighted by atomic mass is 10.3. The van der Waals surface area contributed by atoms with Gasteiger partial charge in [-0.3, -0.25) is 10.0 Å². The number of para-hydroxylation sites is 2. The summed E-state index contributed by atoms with van der Waals surface area (Å²) in [7, 11) is 1.69. The molecule has 3 aromatic rings. The van der Waals surface area contributed by atoms with Crippen LogP contribution in [0.2, 0.25) is 0 Å². The number of hydrazine groups is 1. The molecule has 0 unspecified atom stereocenters. The van der Waals surface area contributed by atoms with Crippen LogP contribution in [0.4, 0.5) is 17.1 Å². The number of hydrogen-bond acceptors (Lipinski definition) is 4. The van der Waals surface area contributed by atoms with Crippen LogP contribution in [0.3, 0.4) is 0 Å². The van der Waals surface area contributed by atoms with E-state index in [-0.39, 0.29) is 0 Å². The van der Waals surface area contributed by atoms with Crippen molar-refractivity contribution in [1.82, 2.24) is 0 Å². The molecule has 0 spiro atoms. The smallest absolute Gasteiger partial charge is 0.119 e. The van der Waals surface area contributed by atoms with Crippen molar-refractivity contribution in [2.75, 3.05) is 35.4 Å². The molecular formula is C21H21N3O. The van der Waals surface area contributed by atoms with Gasteiger partial charge in [-0.15, -0.1) is 0 Å². The molecule has 0 aromatic heterocycles. The topological polar surface area (TPSA) is 19.0 Å². The van der Waals surface area contributed by atoms with Crippen molar-refractivity contribution in [3.63, 3.8) is 0 Å². The monoisotopic (exact) mass is 331 g/mol. The predicted molar refractivity (Wildman–Crippen MR) is 103 cm³/mol. The van der Waals surface area contributed by atoms with E-state index in [0.29, 0.717) is 0 Å². The maximum absolute atomic E-state index is 5.27. The quantitative estimate of drug-likeness (QED) is 0.707. The largest absolute Gasteiger partial charge is 0.497 e. The third-order valence-electron chi connectivity index (χ3n) is 4.45. The van der Waals surface area contributed by atoms with Gasteiger partial charge in [-0.25, -0.2) is 0 Å². The Morgan fingerprint density at radius 3 is 1.52 bits per heavy atom. The van der Waals surface area contributed by atoms with Gasteiger partial charge in [-0.2, -0.15) is 0 Å². The third-order valence-corrected chi connectivity index (χ3v) is 4.45. The Morgan fingerprint density at radius 2 is 1.08 bits per heavy atom. The summed E-state index contributed by atoms with van der Waals surface area (Å²) in [6, 6.07) is 29.2. The number of nitrogens with zero attached hydrogens (tertiary/aromatic N) is 3. The van der Waals surface area contributed by atoms with E-state index in [1.165, 1.54) is 17.1 Å². The summed E-state index contributed by atoms with van der Waals surface area (Å²) in [6.07, 6.45) is 0. The Balaban J connectivity index is 1.66. The maximum Gasteiger partial charge on any atom is 0.119 e. The van der Waals surface area contributed by atoms with E-state index in [4.69, 9.17) is 4.74 Å². The minimum absolute atomic E-state index is 0.797. The van der Waals surface area contributed by atoms with E-state index in [2.05, 4.69) is 75.6 Å².